The van der Waals surface area contributed by atoms with Crippen LogP contribution < -0.4 is 4.74 Å². The summed E-state index contributed by atoms with van der Waals surface area (Å²) >= 11 is 0. The number of rotatable bonds is 6. The monoisotopic (exact) mass is 375 g/mol. The van der Waals surface area contributed by atoms with Gasteiger partial charge in [-0.15, -0.1) is 0 Å². The number of nitrogens with zero attached hydrogens (tertiary/aromatic N) is 1. The number of ether oxygens (including phenoxy) is 1. The molecule has 0 fully saturated rings. The highest BCUT2D eigenvalue weighted by molar-refractivity contribution is 5.98. The Morgan fingerprint density at radius 2 is 1.64 bits per heavy atom. The fraction of sp³-hybridized carbons (Fsp3) is 0.208. The number of amides is 1. The molecule has 0 aliphatic rings. The van der Waals surface area contributed by atoms with Crippen LogP contribution in [-0.4, -0.2) is 36.1 Å². The van der Waals surface area contributed by atoms with Crippen LogP contribution in [0.25, 0.3) is 16.8 Å². The predicted molar refractivity (Wildman–Crippen MR) is 113 cm³/mol. The third-order valence-electron chi connectivity index (χ3n) is 5.10. The first-order valence-electron chi connectivity index (χ1n) is 9.26. The number of hydrogen-bond donors (Lipinski definition) is 1. The third-order valence-corrected chi connectivity index (χ3v) is 5.10. The zero-order valence-electron chi connectivity index (χ0n) is 16.4. The number of likely N-dealkylation sites (N-methyl/N-ethyl adjacent to an activating group) is 1. The number of carbonyl (C=O) groups is 1. The van der Waals surface area contributed by atoms with Gasteiger partial charge in [0.2, 0.25) is 5.91 Å². The Morgan fingerprint density at radius 3 is 2.32 bits per heavy atom. The van der Waals surface area contributed by atoms with E-state index >= 15 is 0 Å². The summed E-state index contributed by atoms with van der Waals surface area (Å²) in [5, 5.41) is 12.6. The molecule has 3 aromatic carbocycles. The second kappa shape index (κ2) is 8.72. The second-order valence-electron chi connectivity index (χ2n) is 6.78. The number of fused-ring (bicyclic) bond motifs is 1. The lowest BCUT2D eigenvalue weighted by molar-refractivity contribution is -0.128. The fourth-order valence-corrected chi connectivity index (χ4v) is 3.24. The maximum Gasteiger partial charge on any atom is 0.246 e. The summed E-state index contributed by atoms with van der Waals surface area (Å²) in [6, 6.07) is 20.8. The maximum atomic E-state index is 12.7. The summed E-state index contributed by atoms with van der Waals surface area (Å²) in [5.74, 6) is 0.637. The Labute approximate surface area is 165 Å². The van der Waals surface area contributed by atoms with E-state index in [2.05, 4.69) is 0 Å². The van der Waals surface area contributed by atoms with Gasteiger partial charge in [0.25, 0.3) is 0 Å². The van der Waals surface area contributed by atoms with Crippen LogP contribution in [-0.2, 0) is 4.79 Å². The summed E-state index contributed by atoms with van der Waals surface area (Å²) in [7, 11) is 3.35. The summed E-state index contributed by atoms with van der Waals surface area (Å²) < 4.78 is 5.42. The third kappa shape index (κ3) is 4.07. The molecule has 0 bridgehead atoms. The quantitative estimate of drug-likeness (QED) is 0.648. The molecule has 3 aromatic rings. The van der Waals surface area contributed by atoms with Gasteiger partial charge < -0.3 is 14.7 Å². The van der Waals surface area contributed by atoms with Crippen LogP contribution >= 0.6 is 0 Å². The Kier molecular flexibility index (Phi) is 6.12. The van der Waals surface area contributed by atoms with E-state index in [1.165, 1.54) is 0 Å². The standard InChI is InChI=1S/C24H25NO3/c1-17(24(27)19-9-5-4-6-10-19)25(2)23(26)16-14-18-13-15-22(28-3)21-12-8-7-11-20(18)21/h4-17,24,27H,1-3H3/b16-14+/t17-,24-/m0/s1. The molecule has 3 rings (SSSR count). The Morgan fingerprint density at radius 1 is 1.00 bits per heavy atom. The van der Waals surface area contributed by atoms with E-state index in [0.717, 1.165) is 27.6 Å². The minimum Gasteiger partial charge on any atom is -0.496 e. The van der Waals surface area contributed by atoms with Gasteiger partial charge in [-0.3, -0.25) is 4.79 Å². The first kappa shape index (κ1) is 19.6. The van der Waals surface area contributed by atoms with Gasteiger partial charge in [0.05, 0.1) is 19.3 Å². The van der Waals surface area contributed by atoms with E-state index in [1.54, 1.807) is 25.1 Å². The van der Waals surface area contributed by atoms with E-state index in [0.29, 0.717) is 0 Å². The minimum atomic E-state index is -0.745. The molecule has 28 heavy (non-hydrogen) atoms. The molecule has 4 heteroatoms. The van der Waals surface area contributed by atoms with Crippen molar-refractivity contribution in [2.75, 3.05) is 14.2 Å². The molecule has 0 spiro atoms. The SMILES string of the molecule is COc1ccc(/C=C/C(=O)N(C)[C@@H](C)[C@H](O)c2ccccc2)c2ccccc12. The van der Waals surface area contributed by atoms with Crippen LogP contribution in [0.2, 0.25) is 0 Å². The van der Waals surface area contributed by atoms with E-state index in [9.17, 15) is 9.90 Å². The Balaban J connectivity index is 1.79. The maximum absolute atomic E-state index is 12.7. The topological polar surface area (TPSA) is 49.8 Å². The van der Waals surface area contributed by atoms with Crippen LogP contribution in [0.5, 0.6) is 5.75 Å². The number of aliphatic hydroxyl groups excluding tert-OH is 1. The molecule has 1 N–H and O–H groups in total. The summed E-state index contributed by atoms with van der Waals surface area (Å²) in [5.41, 5.74) is 1.73. The van der Waals surface area contributed by atoms with Crippen molar-refractivity contribution in [3.8, 4) is 5.75 Å². The molecule has 0 heterocycles. The molecule has 4 nitrogen and oxygen atoms in total. The van der Waals surface area contributed by atoms with Crippen LogP contribution in [0.4, 0.5) is 0 Å². The van der Waals surface area contributed by atoms with E-state index in [1.807, 2.05) is 79.7 Å². The van der Waals surface area contributed by atoms with Crippen LogP contribution in [0.3, 0.4) is 0 Å². The van der Waals surface area contributed by atoms with Crippen LogP contribution in [0.1, 0.15) is 24.2 Å². The highest BCUT2D eigenvalue weighted by Crippen LogP contribution is 2.29. The lowest BCUT2D eigenvalue weighted by atomic mass is 10.0. The van der Waals surface area contributed by atoms with E-state index < -0.39 is 6.10 Å². The van der Waals surface area contributed by atoms with Crippen molar-refractivity contribution in [2.45, 2.75) is 19.1 Å². The number of benzene rings is 3. The molecule has 0 saturated heterocycles. The molecule has 144 valence electrons. The average molecular weight is 375 g/mol. The smallest absolute Gasteiger partial charge is 0.246 e. The van der Waals surface area contributed by atoms with Gasteiger partial charge in [0.15, 0.2) is 0 Å². The average Bonchev–Trinajstić information content (AvgIpc) is 2.76. The van der Waals surface area contributed by atoms with Crippen molar-refractivity contribution >= 4 is 22.8 Å². The predicted octanol–water partition coefficient (Wildman–Crippen LogP) is 4.44. The van der Waals surface area contributed by atoms with Crippen molar-refractivity contribution in [1.29, 1.82) is 0 Å². The van der Waals surface area contributed by atoms with Crippen molar-refractivity contribution in [3.05, 3.63) is 83.9 Å². The first-order chi connectivity index (χ1) is 13.5. The van der Waals surface area contributed by atoms with Gasteiger partial charge in [-0.2, -0.15) is 0 Å². The van der Waals surface area contributed by atoms with Crippen molar-refractivity contribution in [3.63, 3.8) is 0 Å². The number of aliphatic hydroxyl groups is 1. The molecular weight excluding hydrogens is 350 g/mol. The number of carbonyl (C=O) groups excluding carboxylic acids is 1. The van der Waals surface area contributed by atoms with E-state index in [4.69, 9.17) is 4.74 Å². The highest BCUT2D eigenvalue weighted by Gasteiger charge is 2.22. The molecule has 2 atom stereocenters. The lowest BCUT2D eigenvalue weighted by Crippen LogP contribution is -2.38. The van der Waals surface area contributed by atoms with Crippen molar-refractivity contribution < 1.29 is 14.6 Å². The molecular formula is C24H25NO3. The van der Waals surface area contributed by atoms with Crippen LogP contribution in [0, 0.1) is 0 Å². The summed E-state index contributed by atoms with van der Waals surface area (Å²) in [4.78, 5) is 14.2. The normalized spacial score (nSPS) is 13.4. The molecule has 0 aliphatic carbocycles. The molecule has 0 saturated carbocycles. The molecule has 0 aromatic heterocycles. The molecule has 0 unspecified atom stereocenters. The van der Waals surface area contributed by atoms with Gasteiger partial charge in [-0.05, 0) is 35.6 Å². The molecule has 0 radical (unpaired) electrons. The molecule has 0 aliphatic heterocycles. The Hall–Kier alpha value is -3.11. The van der Waals surface area contributed by atoms with E-state index in [-0.39, 0.29) is 11.9 Å². The van der Waals surface area contributed by atoms with Crippen LogP contribution in [0.15, 0.2) is 72.8 Å². The van der Waals surface area contributed by atoms with Gasteiger partial charge in [-0.25, -0.2) is 0 Å². The van der Waals surface area contributed by atoms with Crippen molar-refractivity contribution in [2.24, 2.45) is 0 Å². The zero-order chi connectivity index (χ0) is 20.1. The zero-order valence-corrected chi connectivity index (χ0v) is 16.4. The number of hydrogen-bond acceptors (Lipinski definition) is 3. The van der Waals surface area contributed by atoms with Gasteiger partial charge in [0.1, 0.15) is 5.75 Å². The highest BCUT2D eigenvalue weighted by atomic mass is 16.5. The minimum absolute atomic E-state index is 0.164. The molecule has 1 amide bonds. The van der Waals surface area contributed by atoms with Gasteiger partial charge >= 0.3 is 0 Å². The summed E-state index contributed by atoms with van der Waals surface area (Å²) in [6.07, 6.45) is 2.61. The lowest BCUT2D eigenvalue weighted by Gasteiger charge is -2.28. The number of methoxy groups -OCH3 is 1. The fourth-order valence-electron chi connectivity index (χ4n) is 3.24. The second-order valence-corrected chi connectivity index (χ2v) is 6.78. The largest absolute Gasteiger partial charge is 0.496 e. The van der Waals surface area contributed by atoms with Gasteiger partial charge in [0, 0.05) is 18.5 Å². The first-order valence-corrected chi connectivity index (χ1v) is 9.26. The Bertz CT molecular complexity index is 982. The van der Waals surface area contributed by atoms with Crippen molar-refractivity contribution in [1.82, 2.24) is 4.90 Å². The van der Waals surface area contributed by atoms with Gasteiger partial charge in [-0.1, -0.05) is 60.7 Å². The summed E-state index contributed by atoms with van der Waals surface area (Å²) in [6.45, 7) is 1.84.